The Hall–Kier alpha value is -2.62. The van der Waals surface area contributed by atoms with Gasteiger partial charge in [-0.05, 0) is 57.2 Å². The summed E-state index contributed by atoms with van der Waals surface area (Å²) in [6.07, 6.45) is 3.68. The first-order chi connectivity index (χ1) is 22.9. The van der Waals surface area contributed by atoms with Crippen molar-refractivity contribution >= 4 is 33.6 Å². The number of hydrogen-bond donors (Lipinski definition) is 0. The van der Waals surface area contributed by atoms with E-state index in [4.69, 9.17) is 5.10 Å². The predicted molar refractivity (Wildman–Crippen MR) is 178 cm³/mol. The fraction of sp³-hybridized carbons (Fsp3) is 0.667. The Bertz CT molecular complexity index is 1610. The summed E-state index contributed by atoms with van der Waals surface area (Å²) in [5.41, 5.74) is 1.95. The van der Waals surface area contributed by atoms with E-state index in [0.29, 0.717) is 68.5 Å². The highest BCUT2D eigenvalue weighted by Crippen LogP contribution is 2.40. The minimum absolute atomic E-state index is 0.0438. The Balaban J connectivity index is 1.19. The third kappa shape index (κ3) is 8.05. The van der Waals surface area contributed by atoms with Crippen molar-refractivity contribution in [2.45, 2.75) is 88.0 Å². The number of alkyl halides is 3. The van der Waals surface area contributed by atoms with Crippen LogP contribution in [0.2, 0.25) is 0 Å². The van der Waals surface area contributed by atoms with Crippen LogP contribution in [0, 0.1) is 0 Å². The Morgan fingerprint density at radius 3 is 2.38 bits per heavy atom. The maximum absolute atomic E-state index is 14.1. The van der Waals surface area contributed by atoms with Crippen molar-refractivity contribution in [3.8, 4) is 11.3 Å². The lowest BCUT2D eigenvalue weighted by Crippen LogP contribution is -2.45. The summed E-state index contributed by atoms with van der Waals surface area (Å²) in [5, 5.41) is 4.92. The average Bonchev–Trinajstić information content (AvgIpc) is 3.64. The molecule has 0 radical (unpaired) electrons. The first kappa shape index (κ1) is 35.2. The molecule has 3 fully saturated rings. The normalized spacial score (nSPS) is 20.6. The minimum Gasteiger partial charge on any atom is -0.342 e. The van der Waals surface area contributed by atoms with Crippen molar-refractivity contribution in [3.63, 3.8) is 0 Å². The number of nitrogens with zero attached hydrogens (tertiary/aromatic N) is 6. The summed E-state index contributed by atoms with van der Waals surface area (Å²) in [5.74, 6) is 0.648. The number of thioether (sulfide) groups is 1. The number of rotatable bonds is 11. The lowest BCUT2D eigenvalue weighted by molar-refractivity contribution is -0.139. The Morgan fingerprint density at radius 2 is 1.69 bits per heavy atom. The second-order valence-corrected chi connectivity index (χ2v) is 16.5. The molecule has 4 aliphatic rings. The molecule has 6 rings (SSSR count). The van der Waals surface area contributed by atoms with Gasteiger partial charge in [0.05, 0.1) is 17.5 Å². The van der Waals surface area contributed by atoms with Gasteiger partial charge in [0.2, 0.25) is 21.8 Å². The fourth-order valence-corrected chi connectivity index (χ4v) is 9.37. The van der Waals surface area contributed by atoms with Gasteiger partial charge < -0.3 is 14.7 Å². The van der Waals surface area contributed by atoms with Gasteiger partial charge in [0.15, 0.2) is 0 Å². The zero-order valence-corrected chi connectivity index (χ0v) is 29.1. The minimum atomic E-state index is -4.55. The van der Waals surface area contributed by atoms with E-state index in [1.165, 1.54) is 22.7 Å². The largest absolute Gasteiger partial charge is 0.417 e. The molecule has 1 aromatic carbocycles. The maximum Gasteiger partial charge on any atom is 0.417 e. The van der Waals surface area contributed by atoms with E-state index in [-0.39, 0.29) is 23.3 Å². The third-order valence-electron chi connectivity index (χ3n) is 10.1. The molecule has 5 heterocycles. The summed E-state index contributed by atoms with van der Waals surface area (Å²) in [7, 11) is -3.49. The lowest BCUT2D eigenvalue weighted by Gasteiger charge is -2.36. The molecule has 264 valence electrons. The van der Waals surface area contributed by atoms with Crippen LogP contribution in [-0.4, -0.2) is 113 Å². The van der Waals surface area contributed by atoms with E-state index in [9.17, 15) is 31.2 Å². The first-order valence-corrected chi connectivity index (χ1v) is 19.9. The molecular weight excluding hydrogens is 666 g/mol. The summed E-state index contributed by atoms with van der Waals surface area (Å²) >= 11 is 1.08. The molecule has 10 nitrogen and oxygen atoms in total. The Kier molecular flexibility index (Phi) is 10.8. The number of amides is 2. The van der Waals surface area contributed by atoms with Gasteiger partial charge in [0.25, 0.3) is 0 Å². The van der Waals surface area contributed by atoms with Crippen molar-refractivity contribution in [1.82, 2.24) is 28.8 Å². The number of piperidine rings is 2. The monoisotopic (exact) mass is 710 g/mol. The van der Waals surface area contributed by atoms with Crippen LogP contribution < -0.4 is 0 Å². The van der Waals surface area contributed by atoms with Gasteiger partial charge in [0, 0.05) is 105 Å². The molecular formula is C33H45F3N6O4S2. The van der Waals surface area contributed by atoms with Gasteiger partial charge in [-0.25, -0.2) is 8.42 Å². The number of halogens is 3. The number of sulfonamides is 1. The highest BCUT2D eigenvalue weighted by atomic mass is 32.2. The van der Waals surface area contributed by atoms with Crippen molar-refractivity contribution in [1.29, 1.82) is 0 Å². The molecule has 2 amide bonds. The van der Waals surface area contributed by atoms with Gasteiger partial charge in [-0.2, -0.15) is 22.6 Å². The zero-order chi connectivity index (χ0) is 34.1. The number of hydrogen-bond acceptors (Lipinski definition) is 7. The van der Waals surface area contributed by atoms with Crippen LogP contribution in [0.5, 0.6) is 0 Å². The number of aromatic nitrogens is 2. The van der Waals surface area contributed by atoms with Crippen LogP contribution in [-0.2, 0) is 45.3 Å². The molecule has 15 heteroatoms. The Morgan fingerprint density at radius 1 is 0.917 bits per heavy atom. The molecule has 0 atom stereocenters. The van der Waals surface area contributed by atoms with Crippen molar-refractivity contribution in [2.75, 3.05) is 57.8 Å². The van der Waals surface area contributed by atoms with Crippen molar-refractivity contribution < 1.29 is 31.2 Å². The van der Waals surface area contributed by atoms with E-state index in [2.05, 4.69) is 9.80 Å². The first-order valence-electron chi connectivity index (χ1n) is 17.1. The SMILES string of the molecule is CS(=O)(=O)N1CCc2c(c(-c3ccc(C(F)(F)F)c(SCCN4CCCCC4=O)c3)nn2CCCN2CCC(N3CCCC3=O)CC2)C1. The molecule has 48 heavy (non-hydrogen) atoms. The van der Waals surface area contributed by atoms with Gasteiger partial charge in [-0.15, -0.1) is 11.8 Å². The molecule has 0 N–H and O–H groups in total. The average molecular weight is 711 g/mol. The molecule has 1 aromatic heterocycles. The number of benzene rings is 1. The maximum atomic E-state index is 14.1. The van der Waals surface area contributed by atoms with Gasteiger partial charge in [-0.3, -0.25) is 14.3 Å². The second-order valence-electron chi connectivity index (χ2n) is 13.4. The molecule has 0 unspecified atom stereocenters. The molecule has 3 saturated heterocycles. The number of carbonyl (C=O) groups excluding carboxylic acids is 2. The van der Waals surface area contributed by atoms with Crippen molar-refractivity contribution in [3.05, 3.63) is 35.0 Å². The van der Waals surface area contributed by atoms with E-state index in [1.54, 1.807) is 4.90 Å². The quantitative estimate of drug-likeness (QED) is 0.318. The third-order valence-corrected chi connectivity index (χ3v) is 12.4. The summed E-state index contributed by atoms with van der Waals surface area (Å²) < 4.78 is 70.7. The molecule has 0 aliphatic carbocycles. The molecule has 4 aliphatic heterocycles. The molecule has 0 spiro atoms. The zero-order valence-electron chi connectivity index (χ0n) is 27.5. The van der Waals surface area contributed by atoms with Crippen LogP contribution in [0.3, 0.4) is 0 Å². The topological polar surface area (TPSA) is 99.1 Å². The number of aryl methyl sites for hydroxylation is 1. The molecule has 0 saturated carbocycles. The summed E-state index contributed by atoms with van der Waals surface area (Å²) in [4.78, 5) is 30.7. The van der Waals surface area contributed by atoms with Gasteiger partial charge in [-0.1, -0.05) is 6.07 Å². The summed E-state index contributed by atoms with van der Waals surface area (Å²) in [6, 6.07) is 4.37. The van der Waals surface area contributed by atoms with Crippen LogP contribution in [0.15, 0.2) is 23.1 Å². The van der Waals surface area contributed by atoms with Gasteiger partial charge in [0.1, 0.15) is 0 Å². The van der Waals surface area contributed by atoms with Crippen LogP contribution in [0.4, 0.5) is 13.2 Å². The predicted octanol–water partition coefficient (Wildman–Crippen LogP) is 4.47. The standard InChI is InChI=1S/C33H45F3N6O4S2/c1-48(45,46)40-19-12-28-26(23-40)32(37-42(28)16-5-13-38-17-10-25(11-18-38)41-15-4-7-31(41)44)24-8-9-27(33(34,35)36)29(22-24)47-21-20-39-14-3-2-6-30(39)43/h8-9,22,25H,2-7,10-21,23H2,1H3. The van der Waals surface area contributed by atoms with Crippen LogP contribution in [0.25, 0.3) is 11.3 Å². The second kappa shape index (κ2) is 14.7. The van der Waals surface area contributed by atoms with E-state index < -0.39 is 21.8 Å². The number of likely N-dealkylation sites (tertiary alicyclic amines) is 3. The molecule has 2 aromatic rings. The van der Waals surface area contributed by atoms with Crippen molar-refractivity contribution in [2.24, 2.45) is 0 Å². The van der Waals surface area contributed by atoms with Gasteiger partial charge >= 0.3 is 6.18 Å². The summed E-state index contributed by atoms with van der Waals surface area (Å²) in [6.45, 7) is 5.65. The lowest BCUT2D eigenvalue weighted by atomic mass is 10.0. The molecule has 0 bridgehead atoms. The van der Waals surface area contributed by atoms with E-state index >= 15 is 0 Å². The number of fused-ring (bicyclic) bond motifs is 1. The number of carbonyl (C=O) groups is 2. The highest BCUT2D eigenvalue weighted by molar-refractivity contribution is 7.99. The van der Waals surface area contributed by atoms with E-state index in [1.807, 2.05) is 4.68 Å². The van der Waals surface area contributed by atoms with Crippen LogP contribution in [0.1, 0.15) is 68.2 Å². The van der Waals surface area contributed by atoms with E-state index in [0.717, 1.165) is 93.8 Å². The smallest absolute Gasteiger partial charge is 0.342 e. The van der Waals surface area contributed by atoms with Crippen LogP contribution >= 0.6 is 11.8 Å². The highest BCUT2D eigenvalue weighted by Gasteiger charge is 2.35. The fourth-order valence-electron chi connectivity index (χ4n) is 7.51. The Labute approximate surface area is 285 Å².